The van der Waals surface area contributed by atoms with Gasteiger partial charge in [-0.05, 0) is 86.3 Å². The van der Waals surface area contributed by atoms with Crippen molar-refractivity contribution >= 4 is 45.0 Å². The molecule has 2 atom stereocenters. The van der Waals surface area contributed by atoms with Crippen LogP contribution in [0.15, 0.2) is 59.5 Å². The lowest BCUT2D eigenvalue weighted by Gasteiger charge is -2.32. The predicted molar refractivity (Wildman–Crippen MR) is 168 cm³/mol. The van der Waals surface area contributed by atoms with Gasteiger partial charge in [-0.2, -0.15) is 0 Å². The molecule has 13 nitrogen and oxygen atoms in total. The quantitative estimate of drug-likeness (QED) is 0.230. The first kappa shape index (κ1) is 32.3. The van der Waals surface area contributed by atoms with E-state index < -0.39 is 51.0 Å². The molecule has 0 spiro atoms. The van der Waals surface area contributed by atoms with Gasteiger partial charge in [0, 0.05) is 17.9 Å². The number of likely N-dealkylation sites (tertiary alicyclic amines) is 1. The minimum atomic E-state index is -3.82. The number of carbonyl (C=O) groups excluding carboxylic acids is 3. The van der Waals surface area contributed by atoms with E-state index in [2.05, 4.69) is 16.0 Å². The van der Waals surface area contributed by atoms with Crippen LogP contribution in [0.1, 0.15) is 70.6 Å². The Morgan fingerprint density at radius 3 is 2.30 bits per heavy atom. The van der Waals surface area contributed by atoms with Crippen LogP contribution in [-0.2, 0) is 14.6 Å². The number of methoxy groups -OCH3 is 2. The summed E-state index contributed by atoms with van der Waals surface area (Å²) in [5, 5.41) is 16.3. The number of hydrogen-bond donors (Lipinski definition) is 4. The Morgan fingerprint density at radius 1 is 0.935 bits per heavy atom. The summed E-state index contributed by atoms with van der Waals surface area (Å²) in [7, 11) is -0.865. The van der Waals surface area contributed by atoms with Gasteiger partial charge in [0.25, 0.3) is 11.8 Å². The van der Waals surface area contributed by atoms with Crippen LogP contribution in [0.5, 0.6) is 11.5 Å². The first-order valence-corrected chi connectivity index (χ1v) is 16.1. The van der Waals surface area contributed by atoms with Gasteiger partial charge in [-0.25, -0.2) is 13.2 Å². The van der Waals surface area contributed by atoms with Crippen molar-refractivity contribution in [3.63, 3.8) is 0 Å². The maximum absolute atomic E-state index is 14.6. The molecule has 3 aromatic carbocycles. The Morgan fingerprint density at radius 2 is 1.63 bits per heavy atom. The van der Waals surface area contributed by atoms with E-state index in [0.29, 0.717) is 47.7 Å². The number of nitrogens with one attached hydrogen (secondary N) is 3. The van der Waals surface area contributed by atoms with Gasteiger partial charge in [0.1, 0.15) is 6.04 Å². The van der Waals surface area contributed by atoms with Gasteiger partial charge in [-0.1, -0.05) is 6.07 Å². The van der Waals surface area contributed by atoms with Gasteiger partial charge in [-0.3, -0.25) is 25.0 Å². The molecule has 4 N–H and O–H groups in total. The minimum Gasteiger partial charge on any atom is -0.493 e. The fourth-order valence-electron chi connectivity index (χ4n) is 5.79. The van der Waals surface area contributed by atoms with Crippen molar-refractivity contribution in [1.82, 2.24) is 10.2 Å². The molecule has 5 rings (SSSR count). The lowest BCUT2D eigenvalue weighted by atomic mass is 10.00. The number of rotatable bonds is 10. The van der Waals surface area contributed by atoms with E-state index in [4.69, 9.17) is 9.47 Å². The summed E-state index contributed by atoms with van der Waals surface area (Å²) in [6, 6.07) is 12.1. The Labute approximate surface area is 265 Å². The molecule has 2 aliphatic heterocycles. The van der Waals surface area contributed by atoms with Crippen LogP contribution in [-0.4, -0.2) is 68.3 Å². The van der Waals surface area contributed by atoms with Gasteiger partial charge in [0.05, 0.1) is 41.5 Å². The summed E-state index contributed by atoms with van der Waals surface area (Å²) in [5.74, 6) is -0.651. The summed E-state index contributed by atoms with van der Waals surface area (Å²) in [4.78, 5) is 52.1. The van der Waals surface area contributed by atoms with Gasteiger partial charge < -0.3 is 24.8 Å². The molecule has 0 radical (unpaired) electrons. The number of imide groups is 1. The number of carbonyl (C=O) groups is 4. The van der Waals surface area contributed by atoms with Crippen molar-refractivity contribution in [3.8, 4) is 11.5 Å². The molecule has 0 saturated carbocycles. The highest BCUT2D eigenvalue weighted by Crippen LogP contribution is 2.41. The third-order valence-corrected chi connectivity index (χ3v) is 10.3. The second kappa shape index (κ2) is 12.7. The van der Waals surface area contributed by atoms with Crippen molar-refractivity contribution < 1.29 is 42.2 Å². The van der Waals surface area contributed by atoms with E-state index in [9.17, 15) is 32.7 Å². The van der Waals surface area contributed by atoms with Crippen LogP contribution >= 0.6 is 0 Å². The first-order valence-electron chi connectivity index (χ1n) is 14.5. The van der Waals surface area contributed by atoms with Crippen LogP contribution in [0, 0.1) is 0 Å². The molecule has 14 heteroatoms. The van der Waals surface area contributed by atoms with Crippen LogP contribution in [0.3, 0.4) is 0 Å². The van der Waals surface area contributed by atoms with Crippen molar-refractivity contribution in [3.05, 3.63) is 76.9 Å². The third kappa shape index (κ3) is 6.07. The molecule has 0 aliphatic carbocycles. The molecule has 1 fully saturated rings. The first-order chi connectivity index (χ1) is 21.8. The standard InChI is InChI=1S/C32H34N4O9S/c1-17(2)46(42,43)27-12-9-20(34-32(40)41)16-23(27)24-6-5-13-36(24)31(39)28(18-7-11-25(44-3)26(14-18)45-4)33-19-8-10-21-22(15-19)30(38)35-29(21)37/h7-12,14-17,24,28,33-34H,5-6,13H2,1-4H3,(H,40,41)(H,35,37,38)/t24-,28-/m1/s1. The highest BCUT2D eigenvalue weighted by atomic mass is 32.2. The largest absolute Gasteiger partial charge is 0.493 e. The molecule has 2 aliphatic rings. The number of fused-ring (bicyclic) bond motifs is 1. The van der Waals surface area contributed by atoms with Gasteiger partial charge >= 0.3 is 6.09 Å². The van der Waals surface area contributed by atoms with Crippen LogP contribution in [0.4, 0.5) is 16.2 Å². The van der Waals surface area contributed by atoms with Crippen LogP contribution in [0.25, 0.3) is 0 Å². The molecule has 2 heterocycles. The number of carboxylic acid groups (broad SMARTS) is 1. The number of benzene rings is 3. The fourth-order valence-corrected chi connectivity index (χ4v) is 7.08. The molecule has 242 valence electrons. The van der Waals surface area contributed by atoms with Crippen molar-refractivity contribution in [2.24, 2.45) is 0 Å². The monoisotopic (exact) mass is 650 g/mol. The van der Waals surface area contributed by atoms with E-state index in [1.165, 1.54) is 44.6 Å². The lowest BCUT2D eigenvalue weighted by Crippen LogP contribution is -2.38. The summed E-state index contributed by atoms with van der Waals surface area (Å²) >= 11 is 0. The van der Waals surface area contributed by atoms with E-state index in [1.807, 2.05) is 0 Å². The number of sulfone groups is 1. The molecular formula is C32H34N4O9S. The molecule has 3 aromatic rings. The zero-order valence-corrected chi connectivity index (χ0v) is 26.4. The summed E-state index contributed by atoms with van der Waals surface area (Å²) in [6.45, 7) is 3.41. The van der Waals surface area contributed by atoms with Gasteiger partial charge in [-0.15, -0.1) is 0 Å². The second-order valence-corrected chi connectivity index (χ2v) is 13.7. The number of anilines is 2. The maximum atomic E-state index is 14.6. The number of ether oxygens (including phenoxy) is 2. The smallest absolute Gasteiger partial charge is 0.409 e. The Kier molecular flexibility index (Phi) is 8.92. The predicted octanol–water partition coefficient (Wildman–Crippen LogP) is 4.38. The number of hydrogen-bond acceptors (Lipinski definition) is 9. The Bertz CT molecular complexity index is 1840. The number of amides is 4. The van der Waals surface area contributed by atoms with E-state index in [1.54, 1.807) is 43.0 Å². The van der Waals surface area contributed by atoms with E-state index in [0.717, 1.165) is 0 Å². The zero-order valence-electron chi connectivity index (χ0n) is 25.6. The Balaban J connectivity index is 1.60. The number of nitrogens with zero attached hydrogens (tertiary/aromatic N) is 1. The molecule has 0 unspecified atom stereocenters. The summed E-state index contributed by atoms with van der Waals surface area (Å²) in [5.41, 5.74) is 1.75. The average Bonchev–Trinajstić information content (AvgIpc) is 3.62. The molecule has 0 aromatic heterocycles. The molecule has 1 saturated heterocycles. The normalized spacial score (nSPS) is 16.5. The third-order valence-electron chi connectivity index (χ3n) is 8.12. The van der Waals surface area contributed by atoms with Crippen molar-refractivity contribution in [2.45, 2.75) is 48.9 Å². The Hall–Kier alpha value is -5.11. The van der Waals surface area contributed by atoms with Crippen LogP contribution in [0.2, 0.25) is 0 Å². The summed E-state index contributed by atoms with van der Waals surface area (Å²) in [6.07, 6.45) is -0.316. The van der Waals surface area contributed by atoms with Crippen molar-refractivity contribution in [2.75, 3.05) is 31.4 Å². The minimum absolute atomic E-state index is 0.0214. The van der Waals surface area contributed by atoms with Gasteiger partial charge in [0.15, 0.2) is 21.3 Å². The SMILES string of the molecule is COc1ccc([C@@H](Nc2ccc3c(c2)C(=O)NC3=O)C(=O)N2CCC[C@@H]2c2cc(NC(=O)O)ccc2S(=O)(=O)C(C)C)cc1OC. The topological polar surface area (TPSA) is 180 Å². The highest BCUT2D eigenvalue weighted by molar-refractivity contribution is 7.92. The van der Waals surface area contributed by atoms with Gasteiger partial charge in [0.2, 0.25) is 5.91 Å². The molecule has 46 heavy (non-hydrogen) atoms. The average molecular weight is 651 g/mol. The highest BCUT2D eigenvalue weighted by Gasteiger charge is 2.38. The van der Waals surface area contributed by atoms with Crippen LogP contribution < -0.4 is 25.4 Å². The second-order valence-electron chi connectivity index (χ2n) is 11.2. The molecule has 4 amide bonds. The fraction of sp³-hybridized carbons (Fsp3) is 0.312. The zero-order chi connectivity index (χ0) is 33.3. The molecular weight excluding hydrogens is 616 g/mol. The maximum Gasteiger partial charge on any atom is 0.409 e. The lowest BCUT2D eigenvalue weighted by molar-refractivity contribution is -0.133. The summed E-state index contributed by atoms with van der Waals surface area (Å²) < 4.78 is 37.8. The van der Waals surface area contributed by atoms with E-state index in [-0.39, 0.29) is 21.7 Å². The molecule has 0 bridgehead atoms. The van der Waals surface area contributed by atoms with Crippen molar-refractivity contribution in [1.29, 1.82) is 0 Å². The van der Waals surface area contributed by atoms with E-state index >= 15 is 0 Å².